The van der Waals surface area contributed by atoms with E-state index in [4.69, 9.17) is 11.1 Å². The molecule has 2 unspecified atom stereocenters. The van der Waals surface area contributed by atoms with Crippen molar-refractivity contribution >= 4 is 11.9 Å². The highest BCUT2D eigenvalue weighted by molar-refractivity contribution is 5.83. The molecule has 0 heterocycles. The number of aryl methyl sites for hydroxylation is 1. The number of aliphatic carboxylic acids is 1. The van der Waals surface area contributed by atoms with Gasteiger partial charge in [0, 0.05) is 5.92 Å². The van der Waals surface area contributed by atoms with E-state index < -0.39 is 12.0 Å². The molecule has 0 saturated heterocycles. The summed E-state index contributed by atoms with van der Waals surface area (Å²) in [7, 11) is 0. The second-order valence-electron chi connectivity index (χ2n) is 4.22. The van der Waals surface area contributed by atoms with Crippen molar-refractivity contribution < 1.29 is 9.90 Å². The summed E-state index contributed by atoms with van der Waals surface area (Å²) in [5.41, 5.74) is 7.47. The normalized spacial score (nSPS) is 19.4. The lowest BCUT2D eigenvalue weighted by atomic mass is 9.93. The molecule has 0 fully saturated rings. The number of benzene rings is 1. The van der Waals surface area contributed by atoms with Crippen LogP contribution in [0.1, 0.15) is 23.5 Å². The molecule has 5 nitrogen and oxygen atoms in total. The molecule has 5 heteroatoms. The minimum absolute atomic E-state index is 0.118. The Balaban J connectivity index is 2.27. The highest BCUT2D eigenvalue weighted by Gasteiger charge is 2.34. The number of nitrogens with one attached hydrogen (secondary N) is 2. The van der Waals surface area contributed by atoms with Gasteiger partial charge < -0.3 is 16.2 Å². The highest BCUT2D eigenvalue weighted by atomic mass is 16.4. The molecule has 0 aromatic heterocycles. The van der Waals surface area contributed by atoms with Crippen LogP contribution in [-0.2, 0) is 11.2 Å². The number of hydrogen-bond acceptors (Lipinski definition) is 2. The van der Waals surface area contributed by atoms with Crippen LogP contribution in [0.15, 0.2) is 24.3 Å². The smallest absolute Gasteiger partial charge is 0.326 e. The van der Waals surface area contributed by atoms with Gasteiger partial charge in [-0.1, -0.05) is 24.3 Å². The van der Waals surface area contributed by atoms with E-state index in [1.807, 2.05) is 24.3 Å². The third-order valence-corrected chi connectivity index (χ3v) is 3.16. The molecule has 0 aliphatic heterocycles. The molecule has 2 atom stereocenters. The van der Waals surface area contributed by atoms with Gasteiger partial charge in [-0.3, -0.25) is 5.41 Å². The lowest BCUT2D eigenvalue weighted by Crippen LogP contribution is -2.47. The van der Waals surface area contributed by atoms with Gasteiger partial charge in [-0.05, 0) is 24.0 Å². The number of carboxylic acid groups (broad SMARTS) is 1. The van der Waals surface area contributed by atoms with E-state index >= 15 is 0 Å². The zero-order valence-electron chi connectivity index (χ0n) is 9.31. The predicted molar refractivity (Wildman–Crippen MR) is 64.0 cm³/mol. The van der Waals surface area contributed by atoms with E-state index in [1.54, 1.807) is 0 Å². The zero-order valence-corrected chi connectivity index (χ0v) is 9.31. The van der Waals surface area contributed by atoms with Gasteiger partial charge in [-0.25, -0.2) is 4.79 Å². The van der Waals surface area contributed by atoms with Gasteiger partial charge in [0.05, 0.1) is 0 Å². The summed E-state index contributed by atoms with van der Waals surface area (Å²) >= 11 is 0. The number of nitrogens with two attached hydrogens (primary N) is 1. The van der Waals surface area contributed by atoms with Crippen LogP contribution in [0.25, 0.3) is 0 Å². The molecule has 17 heavy (non-hydrogen) atoms. The van der Waals surface area contributed by atoms with Crippen molar-refractivity contribution in [2.24, 2.45) is 5.73 Å². The molecule has 1 aromatic rings. The van der Waals surface area contributed by atoms with Gasteiger partial charge in [-0.15, -0.1) is 0 Å². The molecular formula is C12H15N3O2. The molecule has 2 rings (SSSR count). The number of fused-ring (bicyclic) bond motifs is 1. The molecule has 0 bridgehead atoms. The predicted octanol–water partition coefficient (Wildman–Crippen LogP) is 0.653. The van der Waals surface area contributed by atoms with Gasteiger partial charge in [0.1, 0.15) is 6.04 Å². The average molecular weight is 233 g/mol. The maximum Gasteiger partial charge on any atom is 0.326 e. The van der Waals surface area contributed by atoms with Crippen LogP contribution >= 0.6 is 0 Å². The first kappa shape index (κ1) is 11.4. The standard InChI is InChI=1S/C12H15N3O2/c13-12(14)15-10(11(16)17)9-6-5-7-3-1-2-4-8(7)9/h1-4,9-10H,5-6H2,(H,16,17)(H4,13,14,15). The summed E-state index contributed by atoms with van der Waals surface area (Å²) in [6.07, 6.45) is 1.65. The third-order valence-electron chi connectivity index (χ3n) is 3.16. The maximum atomic E-state index is 11.2. The molecule has 0 saturated carbocycles. The van der Waals surface area contributed by atoms with Crippen LogP contribution in [-0.4, -0.2) is 23.1 Å². The molecule has 1 aliphatic carbocycles. The summed E-state index contributed by atoms with van der Waals surface area (Å²) in [4.78, 5) is 11.2. The number of carbonyl (C=O) groups is 1. The molecular weight excluding hydrogens is 218 g/mol. The van der Waals surface area contributed by atoms with E-state index in [0.717, 1.165) is 18.4 Å². The highest BCUT2D eigenvalue weighted by Crippen LogP contribution is 2.35. The van der Waals surface area contributed by atoms with Crippen LogP contribution in [0.5, 0.6) is 0 Å². The largest absolute Gasteiger partial charge is 0.480 e. The Hall–Kier alpha value is -2.04. The van der Waals surface area contributed by atoms with E-state index in [2.05, 4.69) is 5.32 Å². The minimum Gasteiger partial charge on any atom is -0.480 e. The van der Waals surface area contributed by atoms with Crippen molar-refractivity contribution in [3.05, 3.63) is 35.4 Å². The van der Waals surface area contributed by atoms with Crippen molar-refractivity contribution in [3.63, 3.8) is 0 Å². The van der Waals surface area contributed by atoms with Gasteiger partial charge in [-0.2, -0.15) is 0 Å². The molecule has 5 N–H and O–H groups in total. The van der Waals surface area contributed by atoms with Crippen LogP contribution in [0, 0.1) is 5.41 Å². The number of hydrogen-bond donors (Lipinski definition) is 4. The first-order chi connectivity index (χ1) is 8.09. The van der Waals surface area contributed by atoms with Crippen molar-refractivity contribution in [1.82, 2.24) is 5.32 Å². The van der Waals surface area contributed by atoms with E-state index in [9.17, 15) is 9.90 Å². The molecule has 1 aromatic carbocycles. The Kier molecular flexibility index (Phi) is 2.99. The summed E-state index contributed by atoms with van der Waals surface area (Å²) in [5, 5.41) is 18.9. The second-order valence-corrected chi connectivity index (χ2v) is 4.22. The Morgan fingerprint density at radius 1 is 1.53 bits per heavy atom. The monoisotopic (exact) mass is 233 g/mol. The van der Waals surface area contributed by atoms with Crippen LogP contribution in [0.3, 0.4) is 0 Å². The summed E-state index contributed by atoms with van der Waals surface area (Å²) in [5.74, 6) is -1.39. The summed E-state index contributed by atoms with van der Waals surface area (Å²) in [6, 6.07) is 7.00. The van der Waals surface area contributed by atoms with Crippen LogP contribution in [0.4, 0.5) is 0 Å². The van der Waals surface area contributed by atoms with Crippen molar-refractivity contribution in [2.75, 3.05) is 0 Å². The van der Waals surface area contributed by atoms with Crippen molar-refractivity contribution in [3.8, 4) is 0 Å². The number of guanidine groups is 1. The molecule has 0 radical (unpaired) electrons. The van der Waals surface area contributed by atoms with Crippen LogP contribution < -0.4 is 11.1 Å². The fourth-order valence-corrected chi connectivity index (χ4v) is 2.44. The fourth-order valence-electron chi connectivity index (χ4n) is 2.44. The molecule has 1 aliphatic rings. The van der Waals surface area contributed by atoms with Crippen LogP contribution in [0.2, 0.25) is 0 Å². The first-order valence-electron chi connectivity index (χ1n) is 5.50. The Bertz CT molecular complexity index is 459. The van der Waals surface area contributed by atoms with Gasteiger partial charge >= 0.3 is 5.97 Å². The van der Waals surface area contributed by atoms with Gasteiger partial charge in [0.2, 0.25) is 0 Å². The van der Waals surface area contributed by atoms with Crippen molar-refractivity contribution in [2.45, 2.75) is 24.8 Å². The lowest BCUT2D eigenvalue weighted by molar-refractivity contribution is -0.139. The quantitative estimate of drug-likeness (QED) is 0.455. The molecule has 0 amide bonds. The first-order valence-corrected chi connectivity index (χ1v) is 5.50. The average Bonchev–Trinajstić information content (AvgIpc) is 2.69. The fraction of sp³-hybridized carbons (Fsp3) is 0.333. The van der Waals surface area contributed by atoms with E-state index in [-0.39, 0.29) is 11.9 Å². The topological polar surface area (TPSA) is 99.2 Å². The third kappa shape index (κ3) is 2.22. The summed E-state index contributed by atoms with van der Waals surface area (Å²) < 4.78 is 0. The zero-order chi connectivity index (χ0) is 12.4. The van der Waals surface area contributed by atoms with Gasteiger partial charge in [0.25, 0.3) is 0 Å². The second kappa shape index (κ2) is 4.45. The Morgan fingerprint density at radius 2 is 2.24 bits per heavy atom. The van der Waals surface area contributed by atoms with E-state index in [1.165, 1.54) is 5.56 Å². The van der Waals surface area contributed by atoms with E-state index in [0.29, 0.717) is 0 Å². The maximum absolute atomic E-state index is 11.2. The SMILES string of the molecule is N=C(N)NC(C(=O)O)C1CCc2ccccc21. The Labute approximate surface area is 99.1 Å². The number of rotatable bonds is 3. The molecule has 90 valence electrons. The van der Waals surface area contributed by atoms with Gasteiger partial charge in [0.15, 0.2) is 5.96 Å². The Morgan fingerprint density at radius 3 is 2.88 bits per heavy atom. The minimum atomic E-state index is -0.970. The molecule has 0 spiro atoms. The summed E-state index contributed by atoms with van der Waals surface area (Å²) in [6.45, 7) is 0. The van der Waals surface area contributed by atoms with Crippen molar-refractivity contribution in [1.29, 1.82) is 5.41 Å². The lowest BCUT2D eigenvalue weighted by Gasteiger charge is -2.21. The number of carboxylic acids is 1.